The lowest BCUT2D eigenvalue weighted by Gasteiger charge is -2.32. The molecule has 0 bridgehead atoms. The first-order chi connectivity index (χ1) is 11.4. The Balaban J connectivity index is 1.89. The lowest BCUT2D eigenvalue weighted by atomic mass is 9.97. The third-order valence-electron chi connectivity index (χ3n) is 3.97. The second-order valence-corrected chi connectivity index (χ2v) is 7.46. The Morgan fingerprint density at radius 3 is 2.54 bits per heavy atom. The molecule has 5 nitrogen and oxygen atoms in total. The normalized spacial score (nSPS) is 16.6. The first kappa shape index (κ1) is 19.2. The molecule has 2 rings (SSSR count). The summed E-state index contributed by atoms with van der Waals surface area (Å²) < 4.78 is 12.5. The second-order valence-electron chi connectivity index (χ2n) is 5.69. The fourth-order valence-corrected chi connectivity index (χ4v) is 3.80. The summed E-state index contributed by atoms with van der Waals surface area (Å²) in [5.74, 6) is 0.297. The van der Waals surface area contributed by atoms with E-state index in [2.05, 4.69) is 31.9 Å². The molecule has 0 aromatic heterocycles. The van der Waals surface area contributed by atoms with Crippen molar-refractivity contribution < 1.29 is 19.1 Å². The summed E-state index contributed by atoms with van der Waals surface area (Å²) >= 11 is 6.81. The third kappa shape index (κ3) is 4.96. The molecule has 1 saturated heterocycles. The third-order valence-corrected chi connectivity index (χ3v) is 5.08. The van der Waals surface area contributed by atoms with Gasteiger partial charge in [0.2, 0.25) is 0 Å². The summed E-state index contributed by atoms with van der Waals surface area (Å²) in [5.41, 5.74) is 0. The number of likely N-dealkylation sites (tertiary alicyclic amines) is 1. The number of carbonyl (C=O) groups excluding carboxylic acids is 2. The van der Waals surface area contributed by atoms with Crippen molar-refractivity contribution in [3.63, 3.8) is 0 Å². The topological polar surface area (TPSA) is 55.8 Å². The van der Waals surface area contributed by atoms with E-state index in [-0.39, 0.29) is 17.8 Å². The monoisotopic (exact) mass is 461 g/mol. The van der Waals surface area contributed by atoms with E-state index in [0.717, 1.165) is 8.95 Å². The highest BCUT2D eigenvalue weighted by atomic mass is 79.9. The molecule has 1 heterocycles. The van der Waals surface area contributed by atoms with E-state index < -0.39 is 6.10 Å². The lowest BCUT2D eigenvalue weighted by Crippen LogP contribution is -2.46. The van der Waals surface area contributed by atoms with Gasteiger partial charge in [0.25, 0.3) is 5.91 Å². The summed E-state index contributed by atoms with van der Waals surface area (Å²) in [7, 11) is 0. The Hall–Kier alpha value is -1.08. The van der Waals surface area contributed by atoms with E-state index in [9.17, 15) is 9.59 Å². The van der Waals surface area contributed by atoms with Crippen LogP contribution in [-0.4, -0.2) is 42.6 Å². The zero-order chi connectivity index (χ0) is 17.7. The van der Waals surface area contributed by atoms with E-state index in [1.54, 1.807) is 18.7 Å². The number of nitrogens with zero attached hydrogens (tertiary/aromatic N) is 1. The molecule has 1 aromatic rings. The van der Waals surface area contributed by atoms with Gasteiger partial charge in [-0.25, -0.2) is 0 Å². The number of hydrogen-bond donors (Lipinski definition) is 0. The number of amides is 1. The molecule has 0 radical (unpaired) electrons. The molecule has 24 heavy (non-hydrogen) atoms. The standard InChI is InChI=1S/C17H21Br2NO4/c1-3-23-17(22)12-6-8-20(9-7-12)16(21)11(2)24-15-5-4-13(18)10-14(15)19/h4-5,10-12H,3,6-9H2,1-2H3/t11-/m1/s1. The quantitative estimate of drug-likeness (QED) is 0.625. The van der Waals surface area contributed by atoms with E-state index in [1.165, 1.54) is 0 Å². The van der Waals surface area contributed by atoms with Crippen molar-refractivity contribution in [1.82, 2.24) is 4.90 Å². The molecule has 0 aliphatic carbocycles. The van der Waals surface area contributed by atoms with Crippen LogP contribution < -0.4 is 4.74 Å². The van der Waals surface area contributed by atoms with Crippen LogP contribution in [0.3, 0.4) is 0 Å². The maximum Gasteiger partial charge on any atom is 0.309 e. The van der Waals surface area contributed by atoms with E-state index in [0.29, 0.717) is 38.3 Å². The number of halogens is 2. The maximum atomic E-state index is 12.5. The van der Waals surface area contributed by atoms with Crippen LogP contribution in [-0.2, 0) is 14.3 Å². The molecular weight excluding hydrogens is 442 g/mol. The Morgan fingerprint density at radius 2 is 1.96 bits per heavy atom. The molecule has 1 atom stereocenters. The molecular formula is C17H21Br2NO4. The molecule has 0 spiro atoms. The fourth-order valence-electron chi connectivity index (χ4n) is 2.66. The smallest absolute Gasteiger partial charge is 0.309 e. The summed E-state index contributed by atoms with van der Waals surface area (Å²) in [5, 5.41) is 0. The number of ether oxygens (including phenoxy) is 2. The molecule has 1 aliphatic rings. The van der Waals surface area contributed by atoms with Gasteiger partial charge in [-0.1, -0.05) is 15.9 Å². The summed E-state index contributed by atoms with van der Waals surface area (Å²) in [4.78, 5) is 26.1. The van der Waals surface area contributed by atoms with Crippen molar-refractivity contribution in [3.05, 3.63) is 27.1 Å². The summed E-state index contributed by atoms with van der Waals surface area (Å²) in [6.07, 6.45) is 0.694. The number of esters is 1. The molecule has 132 valence electrons. The van der Waals surface area contributed by atoms with E-state index >= 15 is 0 Å². The van der Waals surface area contributed by atoms with Crippen molar-refractivity contribution in [2.75, 3.05) is 19.7 Å². The van der Waals surface area contributed by atoms with Crippen molar-refractivity contribution >= 4 is 43.7 Å². The predicted octanol–water partition coefficient (Wildman–Crippen LogP) is 3.78. The average molecular weight is 463 g/mol. The second kappa shape index (κ2) is 8.85. The van der Waals surface area contributed by atoms with Gasteiger partial charge in [-0.05, 0) is 60.8 Å². The first-order valence-corrected chi connectivity index (χ1v) is 9.58. The van der Waals surface area contributed by atoms with Crippen molar-refractivity contribution in [2.45, 2.75) is 32.8 Å². The molecule has 1 amide bonds. The van der Waals surface area contributed by atoms with E-state index in [1.807, 2.05) is 18.2 Å². The minimum absolute atomic E-state index is 0.0628. The highest BCUT2D eigenvalue weighted by Gasteiger charge is 2.30. The van der Waals surface area contributed by atoms with Crippen molar-refractivity contribution in [1.29, 1.82) is 0 Å². The minimum Gasteiger partial charge on any atom is -0.480 e. The number of benzene rings is 1. The lowest BCUT2D eigenvalue weighted by molar-refractivity contribution is -0.152. The van der Waals surface area contributed by atoms with Gasteiger partial charge in [-0.2, -0.15) is 0 Å². The number of carbonyl (C=O) groups is 2. The van der Waals surface area contributed by atoms with Crippen LogP contribution in [0.5, 0.6) is 5.75 Å². The number of hydrogen-bond acceptors (Lipinski definition) is 4. The SMILES string of the molecule is CCOC(=O)C1CCN(C(=O)[C@@H](C)Oc2ccc(Br)cc2Br)CC1. The molecule has 0 N–H and O–H groups in total. The zero-order valence-electron chi connectivity index (χ0n) is 13.8. The van der Waals surface area contributed by atoms with Crippen molar-refractivity contribution in [3.8, 4) is 5.75 Å². The van der Waals surface area contributed by atoms with Gasteiger partial charge in [0, 0.05) is 17.6 Å². The highest BCUT2D eigenvalue weighted by molar-refractivity contribution is 9.11. The van der Waals surface area contributed by atoms with Crippen molar-refractivity contribution in [2.24, 2.45) is 5.92 Å². The van der Waals surface area contributed by atoms with Gasteiger partial charge in [-0.3, -0.25) is 9.59 Å². The molecule has 1 fully saturated rings. The van der Waals surface area contributed by atoms with Gasteiger partial charge in [0.15, 0.2) is 6.10 Å². The summed E-state index contributed by atoms with van der Waals surface area (Å²) in [6.45, 7) is 5.05. The van der Waals surface area contributed by atoms with Gasteiger partial charge in [-0.15, -0.1) is 0 Å². The zero-order valence-corrected chi connectivity index (χ0v) is 16.9. The van der Waals surface area contributed by atoms with Crippen LogP contribution in [0.1, 0.15) is 26.7 Å². The van der Waals surface area contributed by atoms with Crippen LogP contribution in [0.2, 0.25) is 0 Å². The molecule has 0 saturated carbocycles. The van der Waals surface area contributed by atoms with Gasteiger partial charge in [0.05, 0.1) is 17.0 Å². The molecule has 1 aliphatic heterocycles. The predicted molar refractivity (Wildman–Crippen MR) is 97.9 cm³/mol. The highest BCUT2D eigenvalue weighted by Crippen LogP contribution is 2.29. The van der Waals surface area contributed by atoms with E-state index in [4.69, 9.17) is 9.47 Å². The average Bonchev–Trinajstić information content (AvgIpc) is 2.57. The van der Waals surface area contributed by atoms with Crippen LogP contribution in [0, 0.1) is 5.92 Å². The Bertz CT molecular complexity index is 600. The molecule has 0 unspecified atom stereocenters. The Kier molecular flexibility index (Phi) is 7.10. The van der Waals surface area contributed by atoms with Crippen LogP contribution in [0.4, 0.5) is 0 Å². The fraction of sp³-hybridized carbons (Fsp3) is 0.529. The number of rotatable bonds is 5. The Morgan fingerprint density at radius 1 is 1.29 bits per heavy atom. The van der Waals surface area contributed by atoms with Crippen LogP contribution in [0.15, 0.2) is 27.1 Å². The Labute approximate surface area is 158 Å². The van der Waals surface area contributed by atoms with Gasteiger partial charge >= 0.3 is 5.97 Å². The number of piperidine rings is 1. The molecule has 1 aromatic carbocycles. The summed E-state index contributed by atoms with van der Waals surface area (Å²) in [6, 6.07) is 5.55. The maximum absolute atomic E-state index is 12.5. The minimum atomic E-state index is -0.582. The van der Waals surface area contributed by atoms with Gasteiger partial charge < -0.3 is 14.4 Å². The van der Waals surface area contributed by atoms with Crippen LogP contribution >= 0.6 is 31.9 Å². The van der Waals surface area contributed by atoms with Crippen LogP contribution in [0.25, 0.3) is 0 Å². The molecule has 7 heteroatoms. The largest absolute Gasteiger partial charge is 0.480 e. The first-order valence-electron chi connectivity index (χ1n) is 7.99. The van der Waals surface area contributed by atoms with Gasteiger partial charge in [0.1, 0.15) is 5.75 Å².